The van der Waals surface area contributed by atoms with Crippen molar-refractivity contribution in [3.63, 3.8) is 0 Å². The second kappa shape index (κ2) is 9.23. The maximum atomic E-state index is 5.80. The van der Waals surface area contributed by atoms with Gasteiger partial charge in [-0.15, -0.1) is 0 Å². The van der Waals surface area contributed by atoms with E-state index < -0.39 is 0 Å². The summed E-state index contributed by atoms with van der Waals surface area (Å²) < 4.78 is 5.80. The quantitative estimate of drug-likeness (QED) is 0.436. The van der Waals surface area contributed by atoms with Crippen LogP contribution < -0.4 is 15.8 Å². The number of ether oxygens (including phenoxy) is 1. The Bertz CT molecular complexity index is 416. The fourth-order valence-corrected chi connectivity index (χ4v) is 1.84. The third kappa shape index (κ3) is 5.95. The van der Waals surface area contributed by atoms with Crippen LogP contribution >= 0.6 is 0 Å². The third-order valence-corrected chi connectivity index (χ3v) is 3.00. The van der Waals surface area contributed by atoms with Gasteiger partial charge in [0.05, 0.1) is 6.54 Å². The van der Waals surface area contributed by atoms with Crippen LogP contribution in [-0.2, 0) is 0 Å². The molecule has 4 heteroatoms. The molecule has 0 radical (unpaired) electrons. The number of guanidine groups is 1. The monoisotopic (exact) mass is 277 g/mol. The normalized spacial score (nSPS) is 11.7. The lowest BCUT2D eigenvalue weighted by Crippen LogP contribution is -2.34. The molecule has 1 rings (SSSR count). The van der Waals surface area contributed by atoms with Gasteiger partial charge in [-0.05, 0) is 24.0 Å². The zero-order chi connectivity index (χ0) is 14.8. The smallest absolute Gasteiger partial charge is 0.188 e. The van der Waals surface area contributed by atoms with E-state index in [2.05, 4.69) is 37.1 Å². The number of nitrogens with two attached hydrogens (primary N) is 1. The van der Waals surface area contributed by atoms with Crippen LogP contribution in [0.2, 0.25) is 0 Å². The van der Waals surface area contributed by atoms with E-state index in [4.69, 9.17) is 10.5 Å². The number of hydrogen-bond acceptors (Lipinski definition) is 2. The Hall–Kier alpha value is -1.71. The number of aliphatic imine (C=N–C) groups is 1. The topological polar surface area (TPSA) is 59.6 Å². The molecule has 0 saturated carbocycles. The molecule has 0 aliphatic heterocycles. The van der Waals surface area contributed by atoms with Gasteiger partial charge in [-0.2, -0.15) is 0 Å². The molecule has 0 heterocycles. The zero-order valence-corrected chi connectivity index (χ0v) is 12.9. The lowest BCUT2D eigenvalue weighted by Gasteiger charge is -2.14. The number of nitrogens with one attached hydrogen (secondary N) is 1. The summed E-state index contributed by atoms with van der Waals surface area (Å²) >= 11 is 0. The predicted octanol–water partition coefficient (Wildman–Crippen LogP) is 2.89. The van der Waals surface area contributed by atoms with Crippen molar-refractivity contribution in [2.45, 2.75) is 39.5 Å². The molecule has 112 valence electrons. The molecule has 0 saturated heterocycles. The fourth-order valence-electron chi connectivity index (χ4n) is 1.84. The van der Waals surface area contributed by atoms with E-state index in [1.807, 2.05) is 18.2 Å². The van der Waals surface area contributed by atoms with E-state index in [-0.39, 0.29) is 0 Å². The molecule has 0 aliphatic carbocycles. The number of benzene rings is 1. The molecule has 0 bridgehead atoms. The van der Waals surface area contributed by atoms with Crippen LogP contribution in [0, 0.1) is 0 Å². The Kier molecular flexibility index (Phi) is 7.55. The second-order valence-electron chi connectivity index (χ2n) is 5.09. The Morgan fingerprint density at radius 3 is 2.80 bits per heavy atom. The van der Waals surface area contributed by atoms with Crippen molar-refractivity contribution in [2.24, 2.45) is 10.7 Å². The van der Waals surface area contributed by atoms with Gasteiger partial charge in [-0.3, -0.25) is 4.99 Å². The molecule has 1 aromatic rings. The molecule has 0 unspecified atom stereocenters. The van der Waals surface area contributed by atoms with E-state index in [1.165, 1.54) is 5.56 Å². The molecule has 0 amide bonds. The van der Waals surface area contributed by atoms with Gasteiger partial charge in [-0.25, -0.2) is 0 Å². The Labute approximate surface area is 122 Å². The first-order valence-corrected chi connectivity index (χ1v) is 7.40. The number of para-hydroxylation sites is 1. The summed E-state index contributed by atoms with van der Waals surface area (Å²) in [5.74, 6) is 1.91. The Morgan fingerprint density at radius 2 is 2.10 bits per heavy atom. The minimum atomic E-state index is 0.458. The largest absolute Gasteiger partial charge is 0.491 e. The first-order chi connectivity index (χ1) is 9.65. The third-order valence-electron chi connectivity index (χ3n) is 3.00. The van der Waals surface area contributed by atoms with Gasteiger partial charge < -0.3 is 15.8 Å². The van der Waals surface area contributed by atoms with Gasteiger partial charge in [-0.1, -0.05) is 45.4 Å². The summed E-state index contributed by atoms with van der Waals surface area (Å²) in [5, 5.41) is 3.06. The van der Waals surface area contributed by atoms with Crippen molar-refractivity contribution in [2.75, 3.05) is 19.7 Å². The molecule has 0 aliphatic rings. The van der Waals surface area contributed by atoms with Crippen LogP contribution in [0.3, 0.4) is 0 Å². The summed E-state index contributed by atoms with van der Waals surface area (Å²) in [5.41, 5.74) is 6.99. The second-order valence-corrected chi connectivity index (χ2v) is 5.09. The highest BCUT2D eigenvalue weighted by Crippen LogP contribution is 2.25. The first-order valence-electron chi connectivity index (χ1n) is 7.40. The standard InChI is InChI=1S/C16H27N3O/c1-4-5-10-18-16(17)19-11-12-20-15-9-7-6-8-14(15)13(2)3/h6-9,13H,4-5,10-12H2,1-3H3,(H3,17,18,19). The predicted molar refractivity (Wildman–Crippen MR) is 85.4 cm³/mol. The summed E-state index contributed by atoms with van der Waals surface area (Å²) in [4.78, 5) is 4.23. The van der Waals surface area contributed by atoms with Gasteiger partial charge in [0.1, 0.15) is 12.4 Å². The van der Waals surface area contributed by atoms with Crippen LogP contribution in [0.1, 0.15) is 45.1 Å². The fraction of sp³-hybridized carbons (Fsp3) is 0.562. The molecular weight excluding hydrogens is 250 g/mol. The molecule has 0 aromatic heterocycles. The number of hydrogen-bond donors (Lipinski definition) is 2. The summed E-state index contributed by atoms with van der Waals surface area (Å²) in [6.07, 6.45) is 2.20. The van der Waals surface area contributed by atoms with E-state index in [0.717, 1.165) is 25.1 Å². The van der Waals surface area contributed by atoms with E-state index in [1.54, 1.807) is 0 Å². The van der Waals surface area contributed by atoms with Crippen LogP contribution in [0.25, 0.3) is 0 Å². The van der Waals surface area contributed by atoms with E-state index in [0.29, 0.717) is 25.0 Å². The van der Waals surface area contributed by atoms with Gasteiger partial charge in [0.15, 0.2) is 5.96 Å². The van der Waals surface area contributed by atoms with Gasteiger partial charge in [0.25, 0.3) is 0 Å². The summed E-state index contributed by atoms with van der Waals surface area (Å²) in [6, 6.07) is 8.15. The SMILES string of the molecule is CCCCN=C(N)NCCOc1ccccc1C(C)C. The molecule has 1 aromatic carbocycles. The van der Waals surface area contributed by atoms with Crippen molar-refractivity contribution >= 4 is 5.96 Å². The molecule has 4 nitrogen and oxygen atoms in total. The lowest BCUT2D eigenvalue weighted by molar-refractivity contribution is 0.318. The lowest BCUT2D eigenvalue weighted by atomic mass is 10.0. The van der Waals surface area contributed by atoms with Crippen molar-refractivity contribution < 1.29 is 4.74 Å². The summed E-state index contributed by atoms with van der Waals surface area (Å²) in [6.45, 7) is 8.49. The zero-order valence-electron chi connectivity index (χ0n) is 12.9. The first kappa shape index (κ1) is 16.3. The number of rotatable bonds is 8. The molecule has 0 fully saturated rings. The maximum absolute atomic E-state index is 5.80. The highest BCUT2D eigenvalue weighted by molar-refractivity contribution is 5.77. The highest BCUT2D eigenvalue weighted by atomic mass is 16.5. The van der Waals surface area contributed by atoms with Crippen molar-refractivity contribution in [1.29, 1.82) is 0 Å². The van der Waals surface area contributed by atoms with Crippen LogP contribution in [0.5, 0.6) is 5.75 Å². The van der Waals surface area contributed by atoms with Gasteiger partial charge >= 0.3 is 0 Å². The average Bonchev–Trinajstić information content (AvgIpc) is 2.44. The average molecular weight is 277 g/mol. The number of unbranched alkanes of at least 4 members (excludes halogenated alkanes) is 1. The maximum Gasteiger partial charge on any atom is 0.188 e. The summed E-state index contributed by atoms with van der Waals surface area (Å²) in [7, 11) is 0. The minimum absolute atomic E-state index is 0.458. The van der Waals surface area contributed by atoms with Crippen molar-refractivity contribution in [3.8, 4) is 5.75 Å². The molecule has 3 N–H and O–H groups in total. The van der Waals surface area contributed by atoms with Crippen LogP contribution in [0.15, 0.2) is 29.3 Å². The Morgan fingerprint density at radius 1 is 1.35 bits per heavy atom. The highest BCUT2D eigenvalue weighted by Gasteiger charge is 2.06. The van der Waals surface area contributed by atoms with Crippen molar-refractivity contribution in [1.82, 2.24) is 5.32 Å². The van der Waals surface area contributed by atoms with E-state index in [9.17, 15) is 0 Å². The molecule has 0 atom stereocenters. The Balaban J connectivity index is 2.33. The molecular formula is C16H27N3O. The number of nitrogens with zero attached hydrogens (tertiary/aromatic N) is 1. The van der Waals surface area contributed by atoms with Crippen LogP contribution in [-0.4, -0.2) is 25.7 Å². The molecule has 20 heavy (non-hydrogen) atoms. The van der Waals surface area contributed by atoms with E-state index >= 15 is 0 Å². The van der Waals surface area contributed by atoms with Gasteiger partial charge in [0.2, 0.25) is 0 Å². The minimum Gasteiger partial charge on any atom is -0.491 e. The van der Waals surface area contributed by atoms with Crippen LogP contribution in [0.4, 0.5) is 0 Å². The molecule has 0 spiro atoms. The van der Waals surface area contributed by atoms with Gasteiger partial charge in [0, 0.05) is 6.54 Å². The van der Waals surface area contributed by atoms with Crippen molar-refractivity contribution in [3.05, 3.63) is 29.8 Å².